The normalized spacial score (nSPS) is 36.3. The number of amides is 2. The van der Waals surface area contributed by atoms with Gasteiger partial charge in [0.1, 0.15) is 18.5 Å². The molecule has 3 aliphatic rings. The molecule has 2 N–H and O–H groups in total. The van der Waals surface area contributed by atoms with Crippen LogP contribution >= 0.6 is 0 Å². The van der Waals surface area contributed by atoms with Crippen molar-refractivity contribution in [1.29, 1.82) is 0 Å². The van der Waals surface area contributed by atoms with Crippen LogP contribution in [0.4, 0.5) is 26.3 Å². The van der Waals surface area contributed by atoms with Crippen LogP contribution in [0.5, 0.6) is 0 Å². The largest absolute Gasteiger partial charge is 0.413 e. The fraction of sp³-hybridized carbons (Fsp3) is 0.810. The van der Waals surface area contributed by atoms with Gasteiger partial charge in [0.05, 0.1) is 5.92 Å². The molecule has 2 aliphatic carbocycles. The smallest absolute Gasteiger partial charge is 0.353 e. The van der Waals surface area contributed by atoms with Crippen molar-refractivity contribution in [3.8, 4) is 0 Å². The molecule has 4 nitrogen and oxygen atoms in total. The zero-order valence-electron chi connectivity index (χ0n) is 17.4. The maximum Gasteiger partial charge on any atom is 0.413 e. The Labute approximate surface area is 177 Å². The van der Waals surface area contributed by atoms with Crippen LogP contribution in [0.2, 0.25) is 0 Å². The van der Waals surface area contributed by atoms with Gasteiger partial charge in [-0.1, -0.05) is 0 Å². The van der Waals surface area contributed by atoms with Crippen LogP contribution < -0.4 is 10.6 Å². The van der Waals surface area contributed by atoms with E-state index in [-0.39, 0.29) is 38.5 Å². The van der Waals surface area contributed by atoms with E-state index in [1.165, 1.54) is 13.8 Å². The zero-order valence-corrected chi connectivity index (χ0v) is 17.4. The molecule has 10 heteroatoms. The highest BCUT2D eigenvalue weighted by Crippen LogP contribution is 2.45. The number of nitrogens with one attached hydrogen (secondary N) is 2. The maximum atomic E-state index is 14.2. The van der Waals surface area contributed by atoms with E-state index in [9.17, 15) is 35.9 Å². The van der Waals surface area contributed by atoms with Crippen molar-refractivity contribution in [2.24, 2.45) is 17.8 Å². The highest BCUT2D eigenvalue weighted by molar-refractivity contribution is 6.02. The summed E-state index contributed by atoms with van der Waals surface area (Å²) in [4.78, 5) is 25.3. The molecule has 0 aromatic carbocycles. The lowest BCUT2D eigenvalue weighted by Gasteiger charge is -2.41. The molecule has 0 aromatic heterocycles. The molecule has 0 bridgehead atoms. The lowest BCUT2D eigenvalue weighted by atomic mass is 9.72. The number of fused-ring (bicyclic) bond motifs is 1. The number of alkyl halides is 6. The minimum absolute atomic E-state index is 0.0704. The number of halogens is 6. The summed E-state index contributed by atoms with van der Waals surface area (Å²) in [6.07, 6.45) is -9.15. The van der Waals surface area contributed by atoms with Gasteiger partial charge < -0.3 is 10.6 Å². The first-order valence-corrected chi connectivity index (χ1v) is 10.7. The van der Waals surface area contributed by atoms with Gasteiger partial charge >= 0.3 is 6.18 Å². The van der Waals surface area contributed by atoms with E-state index in [1.807, 2.05) is 0 Å². The number of carbonyl (C=O) groups excluding carboxylic acids is 2. The van der Waals surface area contributed by atoms with Gasteiger partial charge in [-0.2, -0.15) is 13.2 Å². The highest BCUT2D eigenvalue weighted by atomic mass is 19.4. The van der Waals surface area contributed by atoms with Crippen LogP contribution in [0.1, 0.15) is 52.4 Å². The predicted octanol–water partition coefficient (Wildman–Crippen LogP) is 4.10. The van der Waals surface area contributed by atoms with Gasteiger partial charge in [0, 0.05) is 41.5 Å². The lowest BCUT2D eigenvalue weighted by Crippen LogP contribution is -2.54. The van der Waals surface area contributed by atoms with Crippen molar-refractivity contribution in [3.05, 3.63) is 11.1 Å². The van der Waals surface area contributed by atoms with Crippen molar-refractivity contribution in [3.63, 3.8) is 0 Å². The number of hydrogen-bond donors (Lipinski definition) is 2. The summed E-state index contributed by atoms with van der Waals surface area (Å²) >= 11 is 0. The summed E-state index contributed by atoms with van der Waals surface area (Å²) in [6.45, 7) is 2.70. The molecule has 8 atom stereocenters. The van der Waals surface area contributed by atoms with Crippen LogP contribution in [-0.4, -0.2) is 48.6 Å². The Balaban J connectivity index is 1.83. The molecule has 2 fully saturated rings. The van der Waals surface area contributed by atoms with E-state index < -0.39 is 77.5 Å². The summed E-state index contributed by atoms with van der Waals surface area (Å²) in [6, 6.07) is -1.56. The van der Waals surface area contributed by atoms with Crippen LogP contribution in [0.15, 0.2) is 11.1 Å². The average Bonchev–Trinajstić information content (AvgIpc) is 2.65. The molecule has 0 saturated heterocycles. The van der Waals surface area contributed by atoms with E-state index >= 15 is 0 Å². The third kappa shape index (κ3) is 5.03. The Hall–Kier alpha value is -1.74. The molecule has 2 amide bonds. The van der Waals surface area contributed by atoms with E-state index in [0.717, 1.165) is 0 Å². The van der Waals surface area contributed by atoms with Crippen LogP contribution in [0, 0.1) is 17.8 Å². The summed E-state index contributed by atoms with van der Waals surface area (Å²) in [5.41, 5.74) is -1.85. The van der Waals surface area contributed by atoms with E-state index in [2.05, 4.69) is 10.6 Å². The molecule has 176 valence electrons. The van der Waals surface area contributed by atoms with Crippen LogP contribution in [0.25, 0.3) is 0 Å². The van der Waals surface area contributed by atoms with E-state index in [0.29, 0.717) is 0 Å². The zero-order chi connectivity index (χ0) is 23.1. The minimum Gasteiger partial charge on any atom is -0.353 e. The lowest BCUT2D eigenvalue weighted by molar-refractivity contribution is -0.132. The summed E-state index contributed by atoms with van der Waals surface area (Å²) < 4.78 is 83.3. The molecule has 1 heterocycles. The SMILES string of the molecule is C[C@H](C(=O)N[C@@H](C)C1CCC(F)CC1F)C1=C(C(F)(F)F)C2CC(F)CCC2NC1=O. The highest BCUT2D eigenvalue weighted by Gasteiger charge is 2.52. The fourth-order valence-electron chi connectivity index (χ4n) is 5.21. The molecule has 0 spiro atoms. The van der Waals surface area contributed by atoms with Gasteiger partial charge in [-0.3, -0.25) is 9.59 Å². The molecule has 0 radical (unpaired) electrons. The van der Waals surface area contributed by atoms with Crippen molar-refractivity contribution in [2.75, 3.05) is 0 Å². The standard InChI is InChI=1S/C21H28F6N2O2/c1-9(19(30)28-10(2)13-5-3-12(23)8-15(13)24)17-18(21(25,26)27)14-7-11(22)4-6-16(14)29-20(17)31/h9-16H,3-8H2,1-2H3,(H,28,30)(H,29,31)/t9-,10-,11?,12?,13?,14?,15?,16?/m0/s1. The van der Waals surface area contributed by atoms with Gasteiger partial charge in [-0.05, 0) is 46.0 Å². The first-order chi connectivity index (χ1) is 14.4. The number of rotatable bonds is 4. The first-order valence-electron chi connectivity index (χ1n) is 10.7. The van der Waals surface area contributed by atoms with Gasteiger partial charge in [0.2, 0.25) is 11.8 Å². The Morgan fingerprint density at radius 2 is 1.65 bits per heavy atom. The van der Waals surface area contributed by atoms with Crippen molar-refractivity contribution in [1.82, 2.24) is 10.6 Å². The Morgan fingerprint density at radius 1 is 1.03 bits per heavy atom. The minimum atomic E-state index is -4.89. The van der Waals surface area contributed by atoms with Gasteiger partial charge in [0.25, 0.3) is 0 Å². The molecular formula is C21H28F6N2O2. The van der Waals surface area contributed by atoms with Gasteiger partial charge in [-0.15, -0.1) is 0 Å². The second-order valence-electron chi connectivity index (χ2n) is 9.03. The molecule has 1 aliphatic heterocycles. The third-order valence-corrected chi connectivity index (χ3v) is 6.91. The second-order valence-corrected chi connectivity index (χ2v) is 9.03. The van der Waals surface area contributed by atoms with Gasteiger partial charge in [-0.25, -0.2) is 13.2 Å². The molecule has 3 rings (SSSR count). The second kappa shape index (κ2) is 9.02. The summed E-state index contributed by atoms with van der Waals surface area (Å²) in [5, 5.41) is 5.02. The summed E-state index contributed by atoms with van der Waals surface area (Å²) in [5.74, 6) is -5.20. The molecular weight excluding hydrogens is 426 g/mol. The molecule has 2 saturated carbocycles. The van der Waals surface area contributed by atoms with E-state index in [1.54, 1.807) is 0 Å². The third-order valence-electron chi connectivity index (χ3n) is 6.91. The van der Waals surface area contributed by atoms with Crippen molar-refractivity contribution < 1.29 is 35.9 Å². The topological polar surface area (TPSA) is 58.2 Å². The van der Waals surface area contributed by atoms with Crippen LogP contribution in [-0.2, 0) is 9.59 Å². The quantitative estimate of drug-likeness (QED) is 0.629. The Bertz CT molecular complexity index is 740. The maximum absolute atomic E-state index is 14.2. The number of carbonyl (C=O) groups is 2. The van der Waals surface area contributed by atoms with Crippen LogP contribution in [0.3, 0.4) is 0 Å². The first kappa shape index (κ1) is 23.9. The molecule has 31 heavy (non-hydrogen) atoms. The van der Waals surface area contributed by atoms with E-state index in [4.69, 9.17) is 0 Å². The van der Waals surface area contributed by atoms with Gasteiger partial charge in [0.15, 0.2) is 0 Å². The number of hydrogen-bond acceptors (Lipinski definition) is 2. The average molecular weight is 454 g/mol. The molecule has 0 aromatic rings. The van der Waals surface area contributed by atoms with Crippen molar-refractivity contribution >= 4 is 11.8 Å². The van der Waals surface area contributed by atoms with Crippen molar-refractivity contribution in [2.45, 2.75) is 89.1 Å². The fourth-order valence-corrected chi connectivity index (χ4v) is 5.21. The summed E-state index contributed by atoms with van der Waals surface area (Å²) in [7, 11) is 0. The Kier molecular flexibility index (Phi) is 6.96. The monoisotopic (exact) mass is 454 g/mol. The predicted molar refractivity (Wildman–Crippen MR) is 101 cm³/mol. The Morgan fingerprint density at radius 3 is 2.26 bits per heavy atom. The molecule has 6 unspecified atom stereocenters.